The van der Waals surface area contributed by atoms with Gasteiger partial charge in [-0.05, 0) is 26.8 Å². The maximum absolute atomic E-state index is 14.0. The number of hydrogen-bond acceptors (Lipinski definition) is 4. The molecule has 0 fully saturated rings. The molecule has 1 aromatic carbocycles. The second kappa shape index (κ2) is 5.33. The topological polar surface area (TPSA) is 57.5 Å². The Bertz CT molecular complexity index is 888. The van der Waals surface area contributed by atoms with Crippen molar-refractivity contribution in [3.05, 3.63) is 39.2 Å². The van der Waals surface area contributed by atoms with Crippen LogP contribution in [0.25, 0.3) is 10.9 Å². The number of esters is 1. The van der Waals surface area contributed by atoms with Crippen LogP contribution >= 0.6 is 0 Å². The smallest absolute Gasteiger partial charge is 0.343 e. The predicted molar refractivity (Wildman–Crippen MR) is 79.0 cm³/mol. The molecule has 1 unspecified atom stereocenters. The summed E-state index contributed by atoms with van der Waals surface area (Å²) in [5, 5.41) is -0.0981. The van der Waals surface area contributed by atoms with Gasteiger partial charge in [-0.1, -0.05) is 0 Å². The summed E-state index contributed by atoms with van der Waals surface area (Å²) < 4.78 is 39.6. The lowest BCUT2D eigenvalue weighted by Crippen LogP contribution is -2.30. The Morgan fingerprint density at radius 3 is 2.83 bits per heavy atom. The third-order valence-electron chi connectivity index (χ3n) is 3.98. The van der Waals surface area contributed by atoms with Crippen molar-refractivity contribution in [2.75, 3.05) is 13.2 Å². The molecule has 1 aliphatic rings. The van der Waals surface area contributed by atoms with Gasteiger partial charge in [0.05, 0.1) is 23.6 Å². The standard InChI is InChI=1S/C16H15F2NO4/c1-4-22-16(21)11-8(3)19-7(2)6-23-15-12(18)10(17)5-9(13(15)19)14(11)20/h5,7H,4,6H2,1-3H3. The molecule has 0 bridgehead atoms. The molecular weight excluding hydrogens is 308 g/mol. The maximum Gasteiger partial charge on any atom is 0.343 e. The van der Waals surface area contributed by atoms with Crippen molar-refractivity contribution in [2.24, 2.45) is 0 Å². The van der Waals surface area contributed by atoms with Crippen molar-refractivity contribution in [1.82, 2.24) is 4.57 Å². The summed E-state index contributed by atoms with van der Waals surface area (Å²) in [4.78, 5) is 24.7. The molecule has 1 atom stereocenters. The van der Waals surface area contributed by atoms with E-state index in [1.54, 1.807) is 25.3 Å². The number of aromatic nitrogens is 1. The summed E-state index contributed by atoms with van der Waals surface area (Å²) >= 11 is 0. The summed E-state index contributed by atoms with van der Waals surface area (Å²) in [6.45, 7) is 5.22. The van der Waals surface area contributed by atoms with Gasteiger partial charge in [0.2, 0.25) is 11.2 Å². The summed E-state index contributed by atoms with van der Waals surface area (Å²) in [6.07, 6.45) is 0. The van der Waals surface area contributed by atoms with E-state index in [0.717, 1.165) is 6.07 Å². The lowest BCUT2D eigenvalue weighted by atomic mass is 10.0. The van der Waals surface area contributed by atoms with Crippen LogP contribution in [0.15, 0.2) is 10.9 Å². The van der Waals surface area contributed by atoms with Crippen molar-refractivity contribution in [3.8, 4) is 5.75 Å². The van der Waals surface area contributed by atoms with Crippen LogP contribution in [-0.4, -0.2) is 23.8 Å². The minimum Gasteiger partial charge on any atom is -0.486 e. The highest BCUT2D eigenvalue weighted by Gasteiger charge is 2.30. The molecule has 0 radical (unpaired) electrons. The minimum atomic E-state index is -1.19. The number of halogens is 2. The summed E-state index contributed by atoms with van der Waals surface area (Å²) in [7, 11) is 0. The molecule has 23 heavy (non-hydrogen) atoms. The largest absolute Gasteiger partial charge is 0.486 e. The molecule has 0 saturated heterocycles. The van der Waals surface area contributed by atoms with Gasteiger partial charge in [-0.15, -0.1) is 0 Å². The highest BCUT2D eigenvalue weighted by molar-refractivity contribution is 5.97. The summed E-state index contributed by atoms with van der Waals surface area (Å²) in [5.74, 6) is -3.40. The van der Waals surface area contributed by atoms with Gasteiger partial charge < -0.3 is 14.0 Å². The van der Waals surface area contributed by atoms with Gasteiger partial charge in [0.25, 0.3) is 0 Å². The van der Waals surface area contributed by atoms with Gasteiger partial charge in [-0.3, -0.25) is 4.79 Å². The lowest BCUT2D eigenvalue weighted by molar-refractivity contribution is 0.0522. The van der Waals surface area contributed by atoms with Crippen LogP contribution in [0.4, 0.5) is 8.78 Å². The van der Waals surface area contributed by atoms with Crippen LogP contribution in [0, 0.1) is 18.6 Å². The Labute approximate surface area is 130 Å². The van der Waals surface area contributed by atoms with Gasteiger partial charge in [0.15, 0.2) is 11.6 Å². The number of nitrogens with zero attached hydrogens (tertiary/aromatic N) is 1. The Kier molecular flexibility index (Phi) is 3.58. The number of benzene rings is 1. The predicted octanol–water partition coefficient (Wildman–Crippen LogP) is 2.72. The number of carbonyl (C=O) groups is 1. The van der Waals surface area contributed by atoms with Gasteiger partial charge in [-0.2, -0.15) is 4.39 Å². The van der Waals surface area contributed by atoms with Crippen molar-refractivity contribution in [1.29, 1.82) is 0 Å². The van der Waals surface area contributed by atoms with E-state index in [2.05, 4.69) is 0 Å². The second-order valence-electron chi connectivity index (χ2n) is 5.44. The van der Waals surface area contributed by atoms with Crippen molar-refractivity contribution in [2.45, 2.75) is 26.8 Å². The monoisotopic (exact) mass is 323 g/mol. The molecule has 1 aromatic heterocycles. The quantitative estimate of drug-likeness (QED) is 0.798. The zero-order valence-electron chi connectivity index (χ0n) is 12.9. The van der Waals surface area contributed by atoms with Crippen LogP contribution in [0.3, 0.4) is 0 Å². The molecule has 0 saturated carbocycles. The fraction of sp³-hybridized carbons (Fsp3) is 0.375. The molecular formula is C16H15F2NO4. The Balaban J connectivity index is 2.50. The first kappa shape index (κ1) is 15.5. The van der Waals surface area contributed by atoms with E-state index in [1.165, 1.54) is 0 Å². The lowest BCUT2D eigenvalue weighted by Gasteiger charge is -2.29. The molecule has 5 nitrogen and oxygen atoms in total. The van der Waals surface area contributed by atoms with Crippen LogP contribution in [0.2, 0.25) is 0 Å². The highest BCUT2D eigenvalue weighted by atomic mass is 19.2. The van der Waals surface area contributed by atoms with E-state index >= 15 is 0 Å². The zero-order valence-corrected chi connectivity index (χ0v) is 12.9. The molecule has 0 amide bonds. The molecule has 1 aliphatic heterocycles. The van der Waals surface area contributed by atoms with Crippen molar-refractivity contribution in [3.63, 3.8) is 0 Å². The first-order valence-corrected chi connectivity index (χ1v) is 7.25. The molecule has 2 aromatic rings. The number of hydrogen-bond donors (Lipinski definition) is 0. The minimum absolute atomic E-state index is 0.0981. The molecule has 2 heterocycles. The van der Waals surface area contributed by atoms with Crippen molar-refractivity contribution >= 4 is 16.9 Å². The number of carbonyl (C=O) groups excluding carboxylic acids is 1. The van der Waals surface area contributed by atoms with E-state index in [1.807, 2.05) is 0 Å². The van der Waals surface area contributed by atoms with Crippen LogP contribution in [0.1, 0.15) is 35.9 Å². The number of rotatable bonds is 2. The summed E-state index contributed by atoms with van der Waals surface area (Å²) in [5.41, 5.74) is -0.336. The fourth-order valence-electron chi connectivity index (χ4n) is 3.00. The van der Waals surface area contributed by atoms with E-state index in [0.29, 0.717) is 5.69 Å². The average molecular weight is 323 g/mol. The number of pyridine rings is 1. The normalized spacial score (nSPS) is 16.3. The van der Waals surface area contributed by atoms with E-state index < -0.39 is 23.0 Å². The van der Waals surface area contributed by atoms with Crippen LogP contribution in [-0.2, 0) is 4.74 Å². The zero-order chi connectivity index (χ0) is 16.9. The molecule has 0 N–H and O–H groups in total. The molecule has 7 heteroatoms. The van der Waals surface area contributed by atoms with Gasteiger partial charge in [0.1, 0.15) is 12.2 Å². The van der Waals surface area contributed by atoms with Gasteiger partial charge in [-0.25, -0.2) is 9.18 Å². The molecule has 0 aliphatic carbocycles. The maximum atomic E-state index is 14.0. The van der Waals surface area contributed by atoms with Gasteiger partial charge in [0, 0.05) is 5.69 Å². The van der Waals surface area contributed by atoms with Crippen LogP contribution < -0.4 is 10.2 Å². The third kappa shape index (κ3) is 2.10. The Morgan fingerprint density at radius 1 is 1.48 bits per heavy atom. The van der Waals surface area contributed by atoms with Gasteiger partial charge >= 0.3 is 5.97 Å². The average Bonchev–Trinajstić information content (AvgIpc) is 2.49. The first-order chi connectivity index (χ1) is 10.9. The fourth-order valence-corrected chi connectivity index (χ4v) is 3.00. The second-order valence-corrected chi connectivity index (χ2v) is 5.44. The highest BCUT2D eigenvalue weighted by Crippen LogP contribution is 2.36. The van der Waals surface area contributed by atoms with Crippen LogP contribution in [0.5, 0.6) is 5.75 Å². The molecule has 0 spiro atoms. The van der Waals surface area contributed by atoms with E-state index in [-0.39, 0.29) is 41.5 Å². The van der Waals surface area contributed by atoms with E-state index in [4.69, 9.17) is 9.47 Å². The summed E-state index contributed by atoms with van der Waals surface area (Å²) in [6, 6.07) is 0.556. The van der Waals surface area contributed by atoms with E-state index in [9.17, 15) is 18.4 Å². The Morgan fingerprint density at radius 2 is 2.17 bits per heavy atom. The number of ether oxygens (including phenoxy) is 2. The molecule has 3 rings (SSSR count). The first-order valence-electron chi connectivity index (χ1n) is 7.25. The molecule has 122 valence electrons. The third-order valence-corrected chi connectivity index (χ3v) is 3.98. The SMILES string of the molecule is CCOC(=O)c1c(C)n2c3c(c(F)c(F)cc3c1=O)OCC2C. The van der Waals surface area contributed by atoms with Crippen molar-refractivity contribution < 1.29 is 23.0 Å². The Hall–Kier alpha value is -2.44.